The molecule has 3 atom stereocenters. The topological polar surface area (TPSA) is 69.9 Å². The minimum Gasteiger partial charge on any atom is -0.394 e. The Morgan fingerprint density at radius 3 is 2.29 bits per heavy atom. The van der Waals surface area contributed by atoms with Crippen LogP contribution < -0.4 is 0 Å². The highest BCUT2D eigenvalue weighted by atomic mass is 16.5. The monoisotopic (exact) mass is 344 g/mol. The first-order valence-corrected chi connectivity index (χ1v) is 9.57. The van der Waals surface area contributed by atoms with Gasteiger partial charge in [0.05, 0.1) is 19.8 Å². The SMILES string of the molecule is CC(=CCCOC[C@H](O)[C@H](O)CO)CCCC(C)CCCC(C)C. The Balaban J connectivity index is 3.62. The highest BCUT2D eigenvalue weighted by molar-refractivity contribution is 4.97. The van der Waals surface area contributed by atoms with Gasteiger partial charge >= 0.3 is 0 Å². The summed E-state index contributed by atoms with van der Waals surface area (Å²) in [7, 11) is 0. The molecule has 0 aliphatic carbocycles. The van der Waals surface area contributed by atoms with Gasteiger partial charge in [0.1, 0.15) is 12.2 Å². The number of aliphatic hydroxyl groups is 3. The standard InChI is InChI=1S/C20H40O4/c1-16(2)8-5-9-17(3)10-6-11-18(4)12-7-13-24-15-20(23)19(22)14-21/h12,16-17,19-23H,5-11,13-15H2,1-4H3/t17?,19-,20+/m1/s1. The molecule has 0 aromatic carbocycles. The van der Waals surface area contributed by atoms with Crippen LogP contribution >= 0.6 is 0 Å². The molecular weight excluding hydrogens is 304 g/mol. The van der Waals surface area contributed by atoms with E-state index in [0.717, 1.165) is 24.7 Å². The number of allylic oxidation sites excluding steroid dienone is 1. The number of ether oxygens (including phenoxy) is 1. The van der Waals surface area contributed by atoms with Gasteiger partial charge in [-0.3, -0.25) is 0 Å². The smallest absolute Gasteiger partial charge is 0.105 e. The molecule has 4 nitrogen and oxygen atoms in total. The van der Waals surface area contributed by atoms with E-state index in [1.807, 2.05) is 0 Å². The van der Waals surface area contributed by atoms with E-state index in [1.54, 1.807) is 0 Å². The van der Waals surface area contributed by atoms with Gasteiger partial charge in [-0.2, -0.15) is 0 Å². The van der Waals surface area contributed by atoms with Crippen molar-refractivity contribution in [2.75, 3.05) is 19.8 Å². The number of hydrogen-bond acceptors (Lipinski definition) is 4. The molecule has 0 spiro atoms. The predicted molar refractivity (Wildman–Crippen MR) is 100.0 cm³/mol. The van der Waals surface area contributed by atoms with Gasteiger partial charge in [0, 0.05) is 0 Å². The molecule has 144 valence electrons. The summed E-state index contributed by atoms with van der Waals surface area (Å²) in [6.45, 7) is 9.24. The summed E-state index contributed by atoms with van der Waals surface area (Å²) in [6.07, 6.45) is 8.59. The van der Waals surface area contributed by atoms with Gasteiger partial charge in [0.15, 0.2) is 0 Å². The first kappa shape index (κ1) is 23.6. The molecule has 0 aromatic heterocycles. The molecule has 0 radical (unpaired) electrons. The van der Waals surface area contributed by atoms with Crippen molar-refractivity contribution in [3.05, 3.63) is 11.6 Å². The second-order valence-corrected chi connectivity index (χ2v) is 7.55. The van der Waals surface area contributed by atoms with Crippen LogP contribution in [0.25, 0.3) is 0 Å². The lowest BCUT2D eigenvalue weighted by Gasteiger charge is -2.15. The van der Waals surface area contributed by atoms with E-state index < -0.39 is 18.8 Å². The summed E-state index contributed by atoms with van der Waals surface area (Å²) >= 11 is 0. The number of aliphatic hydroxyl groups excluding tert-OH is 3. The first-order valence-electron chi connectivity index (χ1n) is 9.57. The van der Waals surface area contributed by atoms with Gasteiger partial charge in [0.2, 0.25) is 0 Å². The van der Waals surface area contributed by atoms with E-state index in [2.05, 4.69) is 33.8 Å². The van der Waals surface area contributed by atoms with Crippen molar-refractivity contribution in [2.45, 2.75) is 84.8 Å². The largest absolute Gasteiger partial charge is 0.394 e. The maximum atomic E-state index is 9.44. The third kappa shape index (κ3) is 14.0. The molecule has 0 aromatic rings. The van der Waals surface area contributed by atoms with E-state index in [9.17, 15) is 10.2 Å². The van der Waals surface area contributed by atoms with Gasteiger partial charge in [-0.25, -0.2) is 0 Å². The molecule has 0 rings (SSSR count). The molecule has 0 aliphatic heterocycles. The Labute approximate surface area is 148 Å². The summed E-state index contributed by atoms with van der Waals surface area (Å²) < 4.78 is 5.31. The second kappa shape index (κ2) is 14.9. The lowest BCUT2D eigenvalue weighted by Crippen LogP contribution is -2.33. The zero-order valence-corrected chi connectivity index (χ0v) is 16.2. The van der Waals surface area contributed by atoms with E-state index >= 15 is 0 Å². The third-order valence-electron chi connectivity index (χ3n) is 4.42. The van der Waals surface area contributed by atoms with E-state index in [1.165, 1.54) is 37.7 Å². The molecule has 0 fully saturated rings. The maximum absolute atomic E-state index is 9.44. The molecule has 3 N–H and O–H groups in total. The number of rotatable bonds is 15. The van der Waals surface area contributed by atoms with Crippen molar-refractivity contribution in [3.63, 3.8) is 0 Å². The molecule has 1 unspecified atom stereocenters. The van der Waals surface area contributed by atoms with Crippen molar-refractivity contribution in [3.8, 4) is 0 Å². The second-order valence-electron chi connectivity index (χ2n) is 7.55. The van der Waals surface area contributed by atoms with E-state index in [-0.39, 0.29) is 6.61 Å². The fourth-order valence-corrected chi connectivity index (χ4v) is 2.68. The summed E-state index contributed by atoms with van der Waals surface area (Å²) in [5.41, 5.74) is 1.39. The van der Waals surface area contributed by atoms with Crippen LogP contribution in [0.3, 0.4) is 0 Å². The molecule has 0 aliphatic rings. The van der Waals surface area contributed by atoms with Crippen LogP contribution in [0.5, 0.6) is 0 Å². The van der Waals surface area contributed by atoms with Crippen LogP contribution in [0.4, 0.5) is 0 Å². The lowest BCUT2D eigenvalue weighted by atomic mass is 9.94. The van der Waals surface area contributed by atoms with Gasteiger partial charge in [-0.05, 0) is 38.0 Å². The minimum atomic E-state index is -1.12. The minimum absolute atomic E-state index is 0.0580. The van der Waals surface area contributed by atoms with Gasteiger partial charge in [-0.15, -0.1) is 0 Å². The Morgan fingerprint density at radius 1 is 1.00 bits per heavy atom. The molecule has 4 heteroatoms. The molecule has 0 heterocycles. The van der Waals surface area contributed by atoms with Crippen molar-refractivity contribution < 1.29 is 20.1 Å². The molecule has 0 amide bonds. The van der Waals surface area contributed by atoms with Gasteiger partial charge < -0.3 is 20.1 Å². The van der Waals surface area contributed by atoms with Crippen molar-refractivity contribution in [1.82, 2.24) is 0 Å². The lowest BCUT2D eigenvalue weighted by molar-refractivity contribution is -0.0560. The van der Waals surface area contributed by atoms with Crippen LogP contribution in [-0.4, -0.2) is 47.3 Å². The highest BCUT2D eigenvalue weighted by Crippen LogP contribution is 2.19. The van der Waals surface area contributed by atoms with E-state index in [4.69, 9.17) is 9.84 Å². The molecular formula is C20H40O4. The Bertz CT molecular complexity index is 315. The zero-order chi connectivity index (χ0) is 18.4. The average molecular weight is 345 g/mol. The van der Waals surface area contributed by atoms with Crippen LogP contribution in [-0.2, 0) is 4.74 Å². The summed E-state index contributed by atoms with van der Waals surface area (Å²) in [6, 6.07) is 0. The van der Waals surface area contributed by atoms with Crippen molar-refractivity contribution in [2.24, 2.45) is 11.8 Å². The fourth-order valence-electron chi connectivity index (χ4n) is 2.68. The summed E-state index contributed by atoms with van der Waals surface area (Å²) in [4.78, 5) is 0. The maximum Gasteiger partial charge on any atom is 0.105 e. The fraction of sp³-hybridized carbons (Fsp3) is 0.900. The van der Waals surface area contributed by atoms with Crippen LogP contribution in [0.2, 0.25) is 0 Å². The summed E-state index contributed by atoms with van der Waals surface area (Å²) in [5, 5.41) is 27.3. The zero-order valence-electron chi connectivity index (χ0n) is 16.2. The van der Waals surface area contributed by atoms with Gasteiger partial charge in [-0.1, -0.05) is 58.1 Å². The summed E-state index contributed by atoms with van der Waals surface area (Å²) in [5.74, 6) is 1.64. The van der Waals surface area contributed by atoms with Crippen LogP contribution in [0, 0.1) is 11.8 Å². The quantitative estimate of drug-likeness (QED) is 0.313. The Kier molecular flexibility index (Phi) is 14.6. The highest BCUT2D eigenvalue weighted by Gasteiger charge is 2.14. The molecule has 0 saturated heterocycles. The van der Waals surface area contributed by atoms with Crippen LogP contribution in [0.1, 0.15) is 72.6 Å². The van der Waals surface area contributed by atoms with Crippen molar-refractivity contribution in [1.29, 1.82) is 0 Å². The van der Waals surface area contributed by atoms with Crippen molar-refractivity contribution >= 4 is 0 Å². The average Bonchev–Trinajstić information content (AvgIpc) is 2.53. The van der Waals surface area contributed by atoms with Gasteiger partial charge in [0.25, 0.3) is 0 Å². The third-order valence-corrected chi connectivity index (χ3v) is 4.42. The molecule has 24 heavy (non-hydrogen) atoms. The normalized spacial score (nSPS) is 16.4. The molecule has 0 bridgehead atoms. The number of hydrogen-bond donors (Lipinski definition) is 3. The Hall–Kier alpha value is -0.420. The van der Waals surface area contributed by atoms with Crippen LogP contribution in [0.15, 0.2) is 11.6 Å². The Morgan fingerprint density at radius 2 is 1.67 bits per heavy atom. The molecule has 0 saturated carbocycles. The predicted octanol–water partition coefficient (Wildman–Crippen LogP) is 3.69. The first-order chi connectivity index (χ1) is 11.4. The van der Waals surface area contributed by atoms with E-state index in [0.29, 0.717) is 6.61 Å².